The van der Waals surface area contributed by atoms with Gasteiger partial charge in [-0.3, -0.25) is 4.79 Å². The highest BCUT2D eigenvalue weighted by Crippen LogP contribution is 2.08. The van der Waals surface area contributed by atoms with Crippen LogP contribution in [0.1, 0.15) is 24.7 Å². The van der Waals surface area contributed by atoms with E-state index in [1.54, 1.807) is 6.33 Å². The van der Waals surface area contributed by atoms with E-state index in [0.29, 0.717) is 17.0 Å². The first kappa shape index (κ1) is 13.5. The van der Waals surface area contributed by atoms with E-state index in [1.165, 1.54) is 5.56 Å². The van der Waals surface area contributed by atoms with Crippen molar-refractivity contribution < 1.29 is 0 Å². The van der Waals surface area contributed by atoms with Crippen molar-refractivity contribution in [2.45, 2.75) is 32.7 Å². The molecule has 108 valence electrons. The Labute approximate surface area is 122 Å². The summed E-state index contributed by atoms with van der Waals surface area (Å²) in [6, 6.07) is 10.2. The average molecular weight is 282 g/mol. The smallest absolute Gasteiger partial charge is 0.277 e. The maximum absolute atomic E-state index is 12.2. The highest BCUT2D eigenvalue weighted by molar-refractivity contribution is 5.69. The number of aromatic nitrogens is 4. The Morgan fingerprint density at radius 1 is 1.19 bits per heavy atom. The van der Waals surface area contributed by atoms with Gasteiger partial charge in [-0.25, -0.2) is 9.97 Å². The fourth-order valence-corrected chi connectivity index (χ4v) is 2.45. The van der Waals surface area contributed by atoms with Crippen LogP contribution in [0.3, 0.4) is 0 Å². The Morgan fingerprint density at radius 3 is 2.76 bits per heavy atom. The second-order valence-electron chi connectivity index (χ2n) is 5.11. The Kier molecular flexibility index (Phi) is 3.81. The molecule has 0 atom stereocenters. The van der Waals surface area contributed by atoms with Gasteiger partial charge in [-0.05, 0) is 18.4 Å². The van der Waals surface area contributed by atoms with Crippen LogP contribution in [0.4, 0.5) is 0 Å². The van der Waals surface area contributed by atoms with Gasteiger partial charge in [-0.15, -0.1) is 0 Å². The molecule has 0 fully saturated rings. The Hall–Kier alpha value is -2.43. The molecular weight excluding hydrogens is 264 g/mol. The predicted molar refractivity (Wildman–Crippen MR) is 82.3 cm³/mol. The van der Waals surface area contributed by atoms with Crippen molar-refractivity contribution in [3.05, 3.63) is 58.4 Å². The van der Waals surface area contributed by atoms with E-state index in [9.17, 15) is 4.79 Å². The number of benzene rings is 1. The van der Waals surface area contributed by atoms with Crippen molar-refractivity contribution in [3.8, 4) is 0 Å². The molecule has 0 aliphatic rings. The van der Waals surface area contributed by atoms with Crippen molar-refractivity contribution in [1.29, 1.82) is 0 Å². The molecule has 1 aromatic carbocycles. The normalized spacial score (nSPS) is 11.1. The Morgan fingerprint density at radius 2 is 2.00 bits per heavy atom. The minimum atomic E-state index is -0.103. The summed E-state index contributed by atoms with van der Waals surface area (Å²) in [6.07, 6.45) is 4.28. The third kappa shape index (κ3) is 2.86. The molecule has 0 spiro atoms. The summed E-state index contributed by atoms with van der Waals surface area (Å²) >= 11 is 0. The quantitative estimate of drug-likeness (QED) is 0.781. The second-order valence-corrected chi connectivity index (χ2v) is 5.11. The van der Waals surface area contributed by atoms with Gasteiger partial charge < -0.3 is 9.55 Å². The van der Waals surface area contributed by atoms with Gasteiger partial charge in [-0.2, -0.15) is 0 Å². The molecule has 21 heavy (non-hydrogen) atoms. The maximum atomic E-state index is 12.2. The van der Waals surface area contributed by atoms with Gasteiger partial charge in [0.15, 0.2) is 11.2 Å². The number of hydrogen-bond donors (Lipinski definition) is 1. The van der Waals surface area contributed by atoms with E-state index in [-0.39, 0.29) is 5.56 Å². The second kappa shape index (κ2) is 5.91. The van der Waals surface area contributed by atoms with E-state index < -0.39 is 0 Å². The lowest BCUT2D eigenvalue weighted by atomic mass is 10.1. The third-order valence-electron chi connectivity index (χ3n) is 3.50. The van der Waals surface area contributed by atoms with E-state index >= 15 is 0 Å². The van der Waals surface area contributed by atoms with Crippen molar-refractivity contribution >= 4 is 11.2 Å². The van der Waals surface area contributed by atoms with Crippen molar-refractivity contribution in [3.63, 3.8) is 0 Å². The largest absolute Gasteiger partial charge is 0.324 e. The van der Waals surface area contributed by atoms with Gasteiger partial charge in [0.2, 0.25) is 0 Å². The van der Waals surface area contributed by atoms with Gasteiger partial charge >= 0.3 is 0 Å². The number of imidazole rings is 1. The monoisotopic (exact) mass is 282 g/mol. The van der Waals surface area contributed by atoms with Crippen LogP contribution in [-0.4, -0.2) is 19.5 Å². The first-order chi connectivity index (χ1) is 10.3. The summed E-state index contributed by atoms with van der Waals surface area (Å²) < 4.78 is 1.88. The summed E-state index contributed by atoms with van der Waals surface area (Å²) in [7, 11) is 0. The number of rotatable bonds is 5. The lowest BCUT2D eigenvalue weighted by Gasteiger charge is -2.04. The number of hydrogen-bond acceptors (Lipinski definition) is 3. The van der Waals surface area contributed by atoms with Crippen molar-refractivity contribution in [2.75, 3.05) is 0 Å². The molecule has 5 nitrogen and oxygen atoms in total. The van der Waals surface area contributed by atoms with Crippen LogP contribution in [0, 0.1) is 0 Å². The zero-order valence-electron chi connectivity index (χ0n) is 12.0. The van der Waals surface area contributed by atoms with Gasteiger partial charge in [-0.1, -0.05) is 37.3 Å². The topological polar surface area (TPSA) is 63.6 Å². The van der Waals surface area contributed by atoms with Crippen molar-refractivity contribution in [1.82, 2.24) is 19.5 Å². The standard InChI is InChI=1S/C16H18N4O/c1-2-6-13-18-15-14(16(21)19-13)20(11-17-15)10-9-12-7-4-3-5-8-12/h3-5,7-8,11H,2,6,9-10H2,1H3,(H,18,19,21). The third-order valence-corrected chi connectivity index (χ3v) is 3.50. The molecule has 3 aromatic rings. The molecule has 0 unspecified atom stereocenters. The lowest BCUT2D eigenvalue weighted by molar-refractivity contribution is 0.712. The average Bonchev–Trinajstić information content (AvgIpc) is 2.90. The number of aryl methyl sites for hydroxylation is 3. The van der Waals surface area contributed by atoms with E-state index in [0.717, 1.165) is 25.8 Å². The number of H-pyrrole nitrogens is 1. The van der Waals surface area contributed by atoms with E-state index in [1.807, 2.05) is 22.8 Å². The van der Waals surface area contributed by atoms with Crippen LogP contribution >= 0.6 is 0 Å². The van der Waals surface area contributed by atoms with E-state index in [4.69, 9.17) is 0 Å². The number of fused-ring (bicyclic) bond motifs is 1. The predicted octanol–water partition coefficient (Wildman–Crippen LogP) is 2.31. The van der Waals surface area contributed by atoms with Gasteiger partial charge in [0.1, 0.15) is 5.82 Å². The Bertz CT molecular complexity index is 789. The lowest BCUT2D eigenvalue weighted by Crippen LogP contribution is -2.15. The molecule has 0 aliphatic heterocycles. The van der Waals surface area contributed by atoms with E-state index in [2.05, 4.69) is 34.0 Å². The minimum Gasteiger partial charge on any atom is -0.324 e. The number of nitrogens with zero attached hydrogens (tertiary/aromatic N) is 3. The van der Waals surface area contributed by atoms with Crippen LogP contribution in [-0.2, 0) is 19.4 Å². The molecule has 0 saturated carbocycles. The molecule has 0 radical (unpaired) electrons. The van der Waals surface area contributed by atoms with Gasteiger partial charge in [0.05, 0.1) is 6.33 Å². The van der Waals surface area contributed by atoms with Crippen LogP contribution in [0.2, 0.25) is 0 Å². The molecule has 1 N–H and O–H groups in total. The zero-order valence-corrected chi connectivity index (χ0v) is 12.0. The molecule has 0 bridgehead atoms. The molecule has 0 aliphatic carbocycles. The number of nitrogens with one attached hydrogen (secondary N) is 1. The fourth-order valence-electron chi connectivity index (χ4n) is 2.45. The maximum Gasteiger partial charge on any atom is 0.277 e. The minimum absolute atomic E-state index is 0.103. The first-order valence-electron chi connectivity index (χ1n) is 7.26. The molecular formula is C16H18N4O. The van der Waals surface area contributed by atoms with Crippen LogP contribution in [0.25, 0.3) is 11.2 Å². The molecule has 3 rings (SSSR count). The Balaban J connectivity index is 1.88. The first-order valence-corrected chi connectivity index (χ1v) is 7.26. The molecule has 0 amide bonds. The highest BCUT2D eigenvalue weighted by atomic mass is 16.1. The van der Waals surface area contributed by atoms with Gasteiger partial charge in [0, 0.05) is 13.0 Å². The van der Waals surface area contributed by atoms with Crippen LogP contribution in [0.15, 0.2) is 41.5 Å². The SMILES string of the molecule is CCCc1nc2ncn(CCc3ccccc3)c2c(=O)[nH]1. The number of aromatic amines is 1. The van der Waals surface area contributed by atoms with Gasteiger partial charge in [0.25, 0.3) is 5.56 Å². The summed E-state index contributed by atoms with van der Waals surface area (Å²) in [4.78, 5) is 23.7. The van der Waals surface area contributed by atoms with Crippen LogP contribution < -0.4 is 5.56 Å². The summed E-state index contributed by atoms with van der Waals surface area (Å²) in [5.41, 5.74) is 2.24. The molecule has 5 heteroatoms. The zero-order chi connectivity index (χ0) is 14.7. The van der Waals surface area contributed by atoms with Crippen LogP contribution in [0.5, 0.6) is 0 Å². The molecule has 0 saturated heterocycles. The fraction of sp³-hybridized carbons (Fsp3) is 0.312. The molecule has 2 heterocycles. The summed E-state index contributed by atoms with van der Waals surface area (Å²) in [5.74, 6) is 0.711. The molecule has 2 aromatic heterocycles. The van der Waals surface area contributed by atoms with Crippen molar-refractivity contribution in [2.24, 2.45) is 0 Å². The highest BCUT2D eigenvalue weighted by Gasteiger charge is 2.10. The summed E-state index contributed by atoms with van der Waals surface area (Å²) in [5, 5.41) is 0. The summed E-state index contributed by atoms with van der Waals surface area (Å²) in [6.45, 7) is 2.78.